The van der Waals surface area contributed by atoms with Crippen molar-refractivity contribution in [1.82, 2.24) is 0 Å². The molecular weight excluding hydrogens is 264 g/mol. The standard InChI is InChI=1S/C10H11BrO2S/c1-6-4-8(14-10(6)11)9(12)7-2-3-13-5-7/h4,7H,2-3,5H2,1H3. The lowest BCUT2D eigenvalue weighted by atomic mass is 10.0. The molecule has 4 heteroatoms. The molecule has 1 saturated heterocycles. The normalized spacial score (nSPS) is 21.4. The third-order valence-electron chi connectivity index (χ3n) is 2.40. The van der Waals surface area contributed by atoms with E-state index in [2.05, 4.69) is 15.9 Å². The summed E-state index contributed by atoms with van der Waals surface area (Å²) in [6.45, 7) is 3.32. The van der Waals surface area contributed by atoms with E-state index in [1.54, 1.807) is 0 Å². The van der Waals surface area contributed by atoms with Crippen LogP contribution in [0.15, 0.2) is 9.85 Å². The number of Topliss-reactive ketones (excluding diaryl/α,β-unsaturated/α-hetero) is 1. The van der Waals surface area contributed by atoms with Crippen LogP contribution in [0, 0.1) is 12.8 Å². The first kappa shape index (κ1) is 10.3. The van der Waals surface area contributed by atoms with Crippen LogP contribution in [-0.2, 0) is 4.74 Å². The molecule has 1 aromatic rings. The molecule has 0 aliphatic carbocycles. The minimum atomic E-state index is 0.0833. The number of ketones is 1. The fourth-order valence-electron chi connectivity index (χ4n) is 1.52. The van der Waals surface area contributed by atoms with Gasteiger partial charge in [0.1, 0.15) is 0 Å². The van der Waals surface area contributed by atoms with Crippen LogP contribution in [0.3, 0.4) is 0 Å². The topological polar surface area (TPSA) is 26.3 Å². The molecule has 1 aromatic heterocycles. The zero-order valence-electron chi connectivity index (χ0n) is 7.88. The van der Waals surface area contributed by atoms with E-state index >= 15 is 0 Å². The fraction of sp³-hybridized carbons (Fsp3) is 0.500. The molecule has 1 atom stereocenters. The molecule has 2 nitrogen and oxygen atoms in total. The molecule has 2 rings (SSSR count). The maximum absolute atomic E-state index is 11.9. The second-order valence-corrected chi connectivity index (χ2v) is 5.86. The lowest BCUT2D eigenvalue weighted by Crippen LogP contribution is -2.12. The number of ether oxygens (including phenoxy) is 1. The quantitative estimate of drug-likeness (QED) is 0.775. The minimum absolute atomic E-state index is 0.0833. The van der Waals surface area contributed by atoms with E-state index in [-0.39, 0.29) is 11.7 Å². The molecule has 0 saturated carbocycles. The Morgan fingerprint density at radius 3 is 3.00 bits per heavy atom. The van der Waals surface area contributed by atoms with Gasteiger partial charge >= 0.3 is 0 Å². The highest BCUT2D eigenvalue weighted by atomic mass is 79.9. The number of aryl methyl sites for hydroxylation is 1. The highest BCUT2D eigenvalue weighted by molar-refractivity contribution is 9.11. The van der Waals surface area contributed by atoms with E-state index in [1.807, 2.05) is 13.0 Å². The highest BCUT2D eigenvalue weighted by Gasteiger charge is 2.25. The zero-order valence-corrected chi connectivity index (χ0v) is 10.3. The number of hydrogen-bond donors (Lipinski definition) is 0. The van der Waals surface area contributed by atoms with E-state index in [1.165, 1.54) is 11.3 Å². The Hall–Kier alpha value is -0.190. The second kappa shape index (κ2) is 4.13. The summed E-state index contributed by atoms with van der Waals surface area (Å²) in [5, 5.41) is 0. The van der Waals surface area contributed by atoms with Crippen LogP contribution in [0.2, 0.25) is 0 Å². The van der Waals surface area contributed by atoms with Gasteiger partial charge in [0.15, 0.2) is 5.78 Å². The predicted molar refractivity (Wildman–Crippen MR) is 60.0 cm³/mol. The van der Waals surface area contributed by atoms with Gasteiger partial charge < -0.3 is 4.74 Å². The number of thiophene rings is 1. The van der Waals surface area contributed by atoms with E-state index in [9.17, 15) is 4.79 Å². The van der Waals surface area contributed by atoms with Crippen molar-refractivity contribution in [3.63, 3.8) is 0 Å². The van der Waals surface area contributed by atoms with Gasteiger partial charge in [-0.05, 0) is 40.9 Å². The van der Waals surface area contributed by atoms with Crippen LogP contribution in [-0.4, -0.2) is 19.0 Å². The van der Waals surface area contributed by atoms with Gasteiger partial charge in [-0.2, -0.15) is 0 Å². The Bertz CT molecular complexity index is 334. The van der Waals surface area contributed by atoms with Crippen LogP contribution < -0.4 is 0 Å². The van der Waals surface area contributed by atoms with E-state index < -0.39 is 0 Å². The molecular formula is C10H11BrO2S. The Morgan fingerprint density at radius 1 is 1.71 bits per heavy atom. The molecule has 0 N–H and O–H groups in total. The number of rotatable bonds is 2. The molecule has 0 aromatic carbocycles. The average molecular weight is 275 g/mol. The maximum Gasteiger partial charge on any atom is 0.178 e. The molecule has 1 fully saturated rings. The predicted octanol–water partition coefficient (Wildman–Crippen LogP) is 3.04. The molecule has 0 amide bonds. The van der Waals surface area contributed by atoms with E-state index in [4.69, 9.17) is 4.74 Å². The first-order valence-electron chi connectivity index (χ1n) is 4.56. The largest absolute Gasteiger partial charge is 0.381 e. The first-order valence-corrected chi connectivity index (χ1v) is 6.17. The van der Waals surface area contributed by atoms with Crippen LogP contribution >= 0.6 is 27.3 Å². The molecule has 0 radical (unpaired) electrons. The minimum Gasteiger partial charge on any atom is -0.381 e. The molecule has 1 aliphatic rings. The molecule has 76 valence electrons. The molecule has 14 heavy (non-hydrogen) atoms. The summed E-state index contributed by atoms with van der Waals surface area (Å²) in [5.74, 6) is 0.321. The van der Waals surface area contributed by atoms with Crippen molar-refractivity contribution >= 4 is 33.0 Å². The number of carbonyl (C=O) groups excluding carboxylic acids is 1. The Kier molecular flexibility index (Phi) is 3.04. The monoisotopic (exact) mass is 274 g/mol. The SMILES string of the molecule is Cc1cc(C(=O)C2CCOC2)sc1Br. The average Bonchev–Trinajstić information content (AvgIpc) is 2.76. The van der Waals surface area contributed by atoms with Gasteiger partial charge in [0.05, 0.1) is 15.3 Å². The lowest BCUT2D eigenvalue weighted by Gasteiger charge is -2.02. The van der Waals surface area contributed by atoms with Crippen LogP contribution in [0.25, 0.3) is 0 Å². The van der Waals surface area contributed by atoms with Gasteiger partial charge in [0.2, 0.25) is 0 Å². The van der Waals surface area contributed by atoms with E-state index in [0.717, 1.165) is 27.3 Å². The van der Waals surface area contributed by atoms with Crippen molar-refractivity contribution in [3.8, 4) is 0 Å². The van der Waals surface area contributed by atoms with Gasteiger partial charge in [-0.25, -0.2) is 0 Å². The maximum atomic E-state index is 11.9. The van der Waals surface area contributed by atoms with Crippen LogP contribution in [0.4, 0.5) is 0 Å². The number of carbonyl (C=O) groups is 1. The molecule has 1 unspecified atom stereocenters. The fourth-order valence-corrected chi connectivity index (χ4v) is 3.08. The highest BCUT2D eigenvalue weighted by Crippen LogP contribution is 2.30. The van der Waals surface area contributed by atoms with Crippen molar-refractivity contribution < 1.29 is 9.53 Å². The Balaban J connectivity index is 2.18. The first-order chi connectivity index (χ1) is 6.68. The van der Waals surface area contributed by atoms with Crippen LogP contribution in [0.5, 0.6) is 0 Å². The van der Waals surface area contributed by atoms with Gasteiger partial charge in [-0.1, -0.05) is 0 Å². The van der Waals surface area contributed by atoms with Crippen LogP contribution in [0.1, 0.15) is 21.7 Å². The lowest BCUT2D eigenvalue weighted by molar-refractivity contribution is 0.0904. The summed E-state index contributed by atoms with van der Waals surface area (Å²) in [6.07, 6.45) is 0.868. The smallest absolute Gasteiger partial charge is 0.178 e. The summed E-state index contributed by atoms with van der Waals surface area (Å²) in [6, 6.07) is 1.95. The summed E-state index contributed by atoms with van der Waals surface area (Å²) >= 11 is 4.95. The zero-order chi connectivity index (χ0) is 10.1. The van der Waals surface area contributed by atoms with Gasteiger partial charge in [0.25, 0.3) is 0 Å². The summed E-state index contributed by atoms with van der Waals surface area (Å²) in [4.78, 5) is 12.8. The third kappa shape index (κ3) is 1.92. The summed E-state index contributed by atoms with van der Waals surface area (Å²) in [7, 11) is 0. The second-order valence-electron chi connectivity index (χ2n) is 3.49. The number of halogens is 1. The van der Waals surface area contributed by atoms with Crippen molar-refractivity contribution in [2.45, 2.75) is 13.3 Å². The van der Waals surface area contributed by atoms with Crippen molar-refractivity contribution in [2.24, 2.45) is 5.92 Å². The molecule has 2 heterocycles. The van der Waals surface area contributed by atoms with Gasteiger partial charge in [-0.15, -0.1) is 11.3 Å². The van der Waals surface area contributed by atoms with Gasteiger partial charge in [0, 0.05) is 12.5 Å². The van der Waals surface area contributed by atoms with Crippen molar-refractivity contribution in [2.75, 3.05) is 13.2 Å². The number of hydrogen-bond acceptors (Lipinski definition) is 3. The Morgan fingerprint density at radius 2 is 2.50 bits per heavy atom. The Labute approximate surface area is 95.4 Å². The van der Waals surface area contributed by atoms with Gasteiger partial charge in [-0.3, -0.25) is 4.79 Å². The van der Waals surface area contributed by atoms with E-state index in [0.29, 0.717) is 6.61 Å². The van der Waals surface area contributed by atoms with Crippen molar-refractivity contribution in [3.05, 3.63) is 20.3 Å². The molecule has 0 spiro atoms. The third-order valence-corrected chi connectivity index (χ3v) is 4.55. The summed E-state index contributed by atoms with van der Waals surface area (Å²) in [5.41, 5.74) is 1.14. The summed E-state index contributed by atoms with van der Waals surface area (Å²) < 4.78 is 6.26. The molecule has 1 aliphatic heterocycles. The molecule has 0 bridgehead atoms. The van der Waals surface area contributed by atoms with Crippen molar-refractivity contribution in [1.29, 1.82) is 0 Å².